The van der Waals surface area contributed by atoms with Crippen molar-refractivity contribution >= 4 is 0 Å². The van der Waals surface area contributed by atoms with Crippen LogP contribution in [-0.2, 0) is 19.5 Å². The van der Waals surface area contributed by atoms with Crippen LogP contribution in [0.4, 0.5) is 0 Å². The molecule has 0 radical (unpaired) electrons. The molecule has 0 aliphatic heterocycles. The van der Waals surface area contributed by atoms with E-state index in [1.807, 2.05) is 0 Å². The van der Waals surface area contributed by atoms with Crippen molar-refractivity contribution in [1.29, 1.82) is 0 Å². The number of aromatic nitrogens is 2. The van der Waals surface area contributed by atoms with Crippen LogP contribution in [0.25, 0.3) is 0 Å². The van der Waals surface area contributed by atoms with Crippen LogP contribution in [0.15, 0.2) is 79.4 Å². The van der Waals surface area contributed by atoms with E-state index in [0.29, 0.717) is 5.92 Å². The van der Waals surface area contributed by atoms with Gasteiger partial charge < -0.3 is 0 Å². The highest BCUT2D eigenvalue weighted by molar-refractivity contribution is 5.23. The Morgan fingerprint density at radius 2 is 1.24 bits per heavy atom. The van der Waals surface area contributed by atoms with Crippen molar-refractivity contribution in [1.82, 2.24) is 4.57 Å². The topological polar surface area (TPSA) is 8.81 Å². The van der Waals surface area contributed by atoms with Gasteiger partial charge in [-0.05, 0) is 30.4 Å². The minimum Gasteiger partial charge on any atom is -0.237 e. The van der Waals surface area contributed by atoms with Gasteiger partial charge in [0.15, 0.2) is 0 Å². The van der Waals surface area contributed by atoms with Gasteiger partial charge >= 0.3 is 0 Å². The molecular formula is C32H47N2+. The Bertz CT molecular complexity index is 868. The third-order valence-electron chi connectivity index (χ3n) is 7.04. The predicted octanol–water partition coefficient (Wildman–Crippen LogP) is 8.50. The molecule has 0 bridgehead atoms. The van der Waals surface area contributed by atoms with Gasteiger partial charge in [0.05, 0.1) is 13.1 Å². The monoisotopic (exact) mass is 459 g/mol. The molecule has 1 heterocycles. The van der Waals surface area contributed by atoms with Crippen molar-refractivity contribution in [2.45, 2.75) is 109 Å². The quantitative estimate of drug-likeness (QED) is 0.133. The third-order valence-corrected chi connectivity index (χ3v) is 7.04. The van der Waals surface area contributed by atoms with E-state index in [-0.39, 0.29) is 0 Å². The molecule has 0 saturated carbocycles. The summed E-state index contributed by atoms with van der Waals surface area (Å²) >= 11 is 0. The summed E-state index contributed by atoms with van der Waals surface area (Å²) in [6.45, 7) is 4.45. The van der Waals surface area contributed by atoms with Gasteiger partial charge in [-0.2, -0.15) is 0 Å². The smallest absolute Gasteiger partial charge is 0.237 e. The number of hydrogen-bond donors (Lipinski definition) is 0. The average Bonchev–Trinajstić information content (AvgIpc) is 3.32. The van der Waals surface area contributed by atoms with Crippen LogP contribution in [0.2, 0.25) is 0 Å². The molecule has 0 fully saturated rings. The Kier molecular flexibility index (Phi) is 12.6. The molecule has 34 heavy (non-hydrogen) atoms. The minimum absolute atomic E-state index is 0.482. The minimum atomic E-state index is 0.482. The van der Waals surface area contributed by atoms with Crippen LogP contribution in [0.1, 0.15) is 101 Å². The number of nitrogens with zero attached hydrogens (tertiary/aromatic N) is 2. The predicted molar refractivity (Wildman–Crippen MR) is 145 cm³/mol. The molecule has 3 aromatic rings. The van der Waals surface area contributed by atoms with E-state index in [9.17, 15) is 0 Å². The summed E-state index contributed by atoms with van der Waals surface area (Å²) in [5.74, 6) is 0.482. The lowest BCUT2D eigenvalue weighted by Crippen LogP contribution is -2.35. The van der Waals surface area contributed by atoms with Crippen molar-refractivity contribution in [2.24, 2.45) is 0 Å². The first-order chi connectivity index (χ1) is 16.8. The highest BCUT2D eigenvalue weighted by Gasteiger charge is 2.16. The van der Waals surface area contributed by atoms with Gasteiger partial charge in [-0.1, -0.05) is 132 Å². The summed E-state index contributed by atoms with van der Waals surface area (Å²) in [6, 6.07) is 21.9. The van der Waals surface area contributed by atoms with Crippen LogP contribution in [-0.4, -0.2) is 4.57 Å². The molecule has 0 spiro atoms. The number of hydrogen-bond acceptors (Lipinski definition) is 0. The fourth-order valence-corrected chi connectivity index (χ4v) is 4.98. The highest BCUT2D eigenvalue weighted by Crippen LogP contribution is 2.21. The molecule has 0 aliphatic carbocycles. The zero-order chi connectivity index (χ0) is 23.7. The van der Waals surface area contributed by atoms with E-state index in [1.165, 1.54) is 88.2 Å². The second-order valence-corrected chi connectivity index (χ2v) is 10.0. The van der Waals surface area contributed by atoms with Gasteiger partial charge in [0.2, 0.25) is 6.33 Å². The number of rotatable bonds is 18. The van der Waals surface area contributed by atoms with Crippen LogP contribution in [0, 0.1) is 0 Å². The zero-order valence-corrected chi connectivity index (χ0v) is 21.6. The Morgan fingerprint density at radius 1 is 0.676 bits per heavy atom. The van der Waals surface area contributed by atoms with Crippen LogP contribution < -0.4 is 4.57 Å². The lowest BCUT2D eigenvalue weighted by atomic mass is 9.92. The van der Waals surface area contributed by atoms with Crippen molar-refractivity contribution in [3.8, 4) is 0 Å². The van der Waals surface area contributed by atoms with Crippen molar-refractivity contribution in [3.63, 3.8) is 0 Å². The third kappa shape index (κ3) is 10.3. The molecule has 2 nitrogen and oxygen atoms in total. The molecule has 1 atom stereocenters. The molecule has 1 aromatic heterocycles. The fourth-order valence-electron chi connectivity index (χ4n) is 4.98. The van der Waals surface area contributed by atoms with Crippen LogP contribution in [0.3, 0.4) is 0 Å². The lowest BCUT2D eigenvalue weighted by Gasteiger charge is -2.15. The summed E-state index contributed by atoms with van der Waals surface area (Å²) in [5.41, 5.74) is 2.83. The number of aryl methyl sites for hydroxylation is 1. The van der Waals surface area contributed by atoms with Gasteiger partial charge in [-0.15, -0.1) is 0 Å². The van der Waals surface area contributed by atoms with Gasteiger partial charge in [0.1, 0.15) is 12.4 Å². The maximum absolute atomic E-state index is 2.38. The normalized spacial score (nSPS) is 12.1. The van der Waals surface area contributed by atoms with Crippen LogP contribution in [0.5, 0.6) is 0 Å². The number of imidazole rings is 1. The van der Waals surface area contributed by atoms with Crippen LogP contribution >= 0.6 is 0 Å². The van der Waals surface area contributed by atoms with Gasteiger partial charge in [-0.25, -0.2) is 9.13 Å². The largest absolute Gasteiger partial charge is 0.243 e. The van der Waals surface area contributed by atoms with E-state index in [1.54, 1.807) is 0 Å². The summed E-state index contributed by atoms with van der Waals surface area (Å²) < 4.78 is 4.75. The molecule has 0 saturated heterocycles. The first-order valence-corrected chi connectivity index (χ1v) is 14.0. The first kappa shape index (κ1) is 26.3. The fraction of sp³-hybridized carbons (Fsp3) is 0.531. The second kappa shape index (κ2) is 16.3. The number of benzene rings is 2. The summed E-state index contributed by atoms with van der Waals surface area (Å²) in [6.07, 6.45) is 24.8. The average molecular weight is 460 g/mol. The Morgan fingerprint density at radius 3 is 1.85 bits per heavy atom. The maximum atomic E-state index is 2.38. The lowest BCUT2D eigenvalue weighted by molar-refractivity contribution is -0.699. The Hall–Kier alpha value is -2.35. The van der Waals surface area contributed by atoms with E-state index in [4.69, 9.17) is 0 Å². The summed E-state index contributed by atoms with van der Waals surface area (Å²) in [5, 5.41) is 0. The standard InChI is InChI=1S/C32H47N2/c1-2-3-4-5-6-7-8-9-10-11-12-19-24-33-25-26-34(29-33)28-32(31-22-17-14-18-23-31)27-30-20-15-13-16-21-30/h13-18,20-23,25-26,29,32H,2-12,19,24,27-28H2,1H3/q+1. The highest BCUT2D eigenvalue weighted by atomic mass is 15.1. The van der Waals surface area contributed by atoms with Crippen molar-refractivity contribution in [3.05, 3.63) is 90.5 Å². The molecule has 0 N–H and O–H groups in total. The number of unbranched alkanes of at least 4 members (excludes halogenated alkanes) is 11. The first-order valence-electron chi connectivity index (χ1n) is 14.0. The molecule has 0 amide bonds. The van der Waals surface area contributed by atoms with Crippen molar-refractivity contribution < 1.29 is 4.57 Å². The molecule has 2 heteroatoms. The molecular weight excluding hydrogens is 412 g/mol. The van der Waals surface area contributed by atoms with E-state index < -0.39 is 0 Å². The molecule has 0 aliphatic rings. The van der Waals surface area contributed by atoms with Gasteiger partial charge in [-0.3, -0.25) is 0 Å². The van der Waals surface area contributed by atoms with Crippen molar-refractivity contribution in [2.75, 3.05) is 0 Å². The molecule has 1 unspecified atom stereocenters. The SMILES string of the molecule is CCCCCCCCCCCCCCn1cc[n+](CC(Cc2ccccc2)c2ccccc2)c1. The van der Waals surface area contributed by atoms with Gasteiger partial charge in [0, 0.05) is 5.92 Å². The maximum Gasteiger partial charge on any atom is 0.243 e. The zero-order valence-electron chi connectivity index (χ0n) is 21.6. The Balaban J connectivity index is 1.34. The molecule has 3 rings (SSSR count). The van der Waals surface area contributed by atoms with Gasteiger partial charge in [0.25, 0.3) is 0 Å². The summed E-state index contributed by atoms with van der Waals surface area (Å²) in [4.78, 5) is 0. The Labute approximate surface area is 209 Å². The second-order valence-electron chi connectivity index (χ2n) is 10.0. The molecule has 184 valence electrons. The summed E-state index contributed by atoms with van der Waals surface area (Å²) in [7, 11) is 0. The van der Waals surface area contributed by atoms with E-state index >= 15 is 0 Å². The molecule has 2 aromatic carbocycles. The van der Waals surface area contributed by atoms with E-state index in [2.05, 4.69) is 95.4 Å². The van der Waals surface area contributed by atoms with E-state index in [0.717, 1.165) is 19.5 Å².